The second-order valence-corrected chi connectivity index (χ2v) is 5.81. The number of carbonyl (C=O) groups is 2. The fourth-order valence-corrected chi connectivity index (χ4v) is 2.90. The molecule has 1 aliphatic rings. The minimum absolute atomic E-state index is 0.102. The predicted molar refractivity (Wildman–Crippen MR) is 81.3 cm³/mol. The van der Waals surface area contributed by atoms with Crippen molar-refractivity contribution in [3.05, 3.63) is 28.2 Å². The van der Waals surface area contributed by atoms with Crippen molar-refractivity contribution in [2.45, 2.75) is 12.8 Å². The van der Waals surface area contributed by atoms with E-state index in [1.807, 2.05) is 0 Å². The fourth-order valence-electron chi connectivity index (χ4n) is 2.49. The number of esters is 1. The lowest BCUT2D eigenvalue weighted by Gasteiger charge is -2.31. The largest absolute Gasteiger partial charge is 0.497 e. The van der Waals surface area contributed by atoms with Crippen molar-refractivity contribution in [3.63, 3.8) is 0 Å². The number of benzene rings is 1. The Morgan fingerprint density at radius 3 is 2.76 bits per heavy atom. The van der Waals surface area contributed by atoms with Gasteiger partial charge in [-0.3, -0.25) is 9.59 Å². The molecule has 0 aromatic heterocycles. The topological polar surface area (TPSA) is 55.8 Å². The predicted octanol–water partition coefficient (Wildman–Crippen LogP) is 2.48. The number of carbonyl (C=O) groups excluding carboxylic acids is 2. The van der Waals surface area contributed by atoms with E-state index >= 15 is 0 Å². The first-order chi connectivity index (χ1) is 10.1. The number of ether oxygens (including phenoxy) is 2. The smallest absolute Gasteiger partial charge is 0.310 e. The third-order valence-electron chi connectivity index (χ3n) is 3.65. The Bertz CT molecular complexity index is 546. The Balaban J connectivity index is 2.17. The number of hydrogen-bond acceptors (Lipinski definition) is 4. The SMILES string of the molecule is COC(=O)[C@H]1CCCN(C(=O)c2cc(OC)ccc2Br)C1. The molecule has 2 rings (SSSR count). The van der Waals surface area contributed by atoms with E-state index in [9.17, 15) is 9.59 Å². The number of hydrogen-bond donors (Lipinski definition) is 0. The molecule has 21 heavy (non-hydrogen) atoms. The molecule has 0 bridgehead atoms. The van der Waals surface area contributed by atoms with Crippen LogP contribution in [-0.4, -0.2) is 44.1 Å². The molecular formula is C15H18BrNO4. The van der Waals surface area contributed by atoms with Crippen LogP contribution in [0.15, 0.2) is 22.7 Å². The van der Waals surface area contributed by atoms with Gasteiger partial charge >= 0.3 is 5.97 Å². The zero-order valence-electron chi connectivity index (χ0n) is 12.1. The van der Waals surface area contributed by atoms with Gasteiger partial charge in [0.1, 0.15) is 5.75 Å². The summed E-state index contributed by atoms with van der Waals surface area (Å²) >= 11 is 3.39. The molecular weight excluding hydrogens is 338 g/mol. The van der Waals surface area contributed by atoms with Gasteiger partial charge in [0.2, 0.25) is 0 Å². The molecule has 0 N–H and O–H groups in total. The quantitative estimate of drug-likeness (QED) is 0.781. The van der Waals surface area contributed by atoms with Crippen LogP contribution in [0.3, 0.4) is 0 Å². The molecule has 1 fully saturated rings. The van der Waals surface area contributed by atoms with Crippen molar-refractivity contribution < 1.29 is 19.1 Å². The van der Waals surface area contributed by atoms with E-state index in [4.69, 9.17) is 9.47 Å². The van der Waals surface area contributed by atoms with E-state index in [-0.39, 0.29) is 17.8 Å². The van der Waals surface area contributed by atoms with Crippen LogP contribution in [-0.2, 0) is 9.53 Å². The van der Waals surface area contributed by atoms with E-state index < -0.39 is 0 Å². The lowest BCUT2D eigenvalue weighted by atomic mass is 9.97. The Kier molecular flexibility index (Phi) is 5.22. The summed E-state index contributed by atoms with van der Waals surface area (Å²) in [6, 6.07) is 5.27. The summed E-state index contributed by atoms with van der Waals surface area (Å²) < 4.78 is 10.7. The minimum atomic E-state index is -0.253. The molecule has 0 aliphatic carbocycles. The maximum absolute atomic E-state index is 12.6. The Labute approximate surface area is 132 Å². The maximum Gasteiger partial charge on any atom is 0.310 e. The summed E-state index contributed by atoms with van der Waals surface area (Å²) in [5.41, 5.74) is 0.542. The van der Waals surface area contributed by atoms with Gasteiger partial charge in [-0.2, -0.15) is 0 Å². The Morgan fingerprint density at radius 2 is 2.10 bits per heavy atom. The van der Waals surface area contributed by atoms with Gasteiger partial charge in [0, 0.05) is 17.6 Å². The molecule has 1 aromatic carbocycles. The first-order valence-corrected chi connectivity index (χ1v) is 7.56. The van der Waals surface area contributed by atoms with Crippen molar-refractivity contribution in [2.24, 2.45) is 5.92 Å². The highest BCUT2D eigenvalue weighted by Gasteiger charge is 2.30. The fraction of sp³-hybridized carbons (Fsp3) is 0.467. The van der Waals surface area contributed by atoms with E-state index in [2.05, 4.69) is 15.9 Å². The van der Waals surface area contributed by atoms with Crippen molar-refractivity contribution in [1.82, 2.24) is 4.90 Å². The lowest BCUT2D eigenvalue weighted by Crippen LogP contribution is -2.42. The molecule has 5 nitrogen and oxygen atoms in total. The van der Waals surface area contributed by atoms with Gasteiger partial charge in [0.15, 0.2) is 0 Å². The molecule has 1 atom stereocenters. The van der Waals surface area contributed by atoms with Crippen molar-refractivity contribution in [3.8, 4) is 5.75 Å². The first-order valence-electron chi connectivity index (χ1n) is 6.77. The summed E-state index contributed by atoms with van der Waals surface area (Å²) in [4.78, 5) is 26.0. The van der Waals surface area contributed by atoms with Gasteiger partial charge in [0.25, 0.3) is 5.91 Å². The van der Waals surface area contributed by atoms with Crippen LogP contribution in [0.2, 0.25) is 0 Å². The second-order valence-electron chi connectivity index (χ2n) is 4.96. The van der Waals surface area contributed by atoms with Gasteiger partial charge in [-0.1, -0.05) is 0 Å². The van der Waals surface area contributed by atoms with Crippen molar-refractivity contribution >= 4 is 27.8 Å². The number of likely N-dealkylation sites (tertiary alicyclic amines) is 1. The second kappa shape index (κ2) is 6.93. The third-order valence-corrected chi connectivity index (χ3v) is 4.34. The van der Waals surface area contributed by atoms with E-state index in [0.717, 1.165) is 12.8 Å². The monoisotopic (exact) mass is 355 g/mol. The van der Waals surface area contributed by atoms with Crippen LogP contribution in [0.4, 0.5) is 0 Å². The molecule has 114 valence electrons. The van der Waals surface area contributed by atoms with E-state index in [1.54, 1.807) is 30.2 Å². The highest BCUT2D eigenvalue weighted by Crippen LogP contribution is 2.26. The number of nitrogens with zero attached hydrogens (tertiary/aromatic N) is 1. The van der Waals surface area contributed by atoms with Crippen LogP contribution < -0.4 is 4.74 Å². The standard InChI is InChI=1S/C15H18BrNO4/c1-20-11-5-6-13(16)12(8-11)14(18)17-7-3-4-10(9-17)15(19)21-2/h5-6,8,10H,3-4,7,9H2,1-2H3/t10-/m0/s1. The molecule has 1 aliphatic heterocycles. The summed E-state index contributed by atoms with van der Waals surface area (Å²) in [6.45, 7) is 1.05. The van der Waals surface area contributed by atoms with Gasteiger partial charge < -0.3 is 14.4 Å². The first kappa shape index (κ1) is 15.8. The number of amides is 1. The van der Waals surface area contributed by atoms with Crippen LogP contribution in [0.1, 0.15) is 23.2 Å². The van der Waals surface area contributed by atoms with Crippen LogP contribution >= 0.6 is 15.9 Å². The molecule has 1 amide bonds. The lowest BCUT2D eigenvalue weighted by molar-refractivity contribution is -0.146. The summed E-state index contributed by atoms with van der Waals surface area (Å²) in [5, 5.41) is 0. The zero-order chi connectivity index (χ0) is 15.4. The van der Waals surface area contributed by atoms with Gasteiger partial charge in [-0.15, -0.1) is 0 Å². The van der Waals surface area contributed by atoms with Crippen LogP contribution in [0, 0.1) is 5.92 Å². The van der Waals surface area contributed by atoms with Crippen LogP contribution in [0.5, 0.6) is 5.75 Å². The number of rotatable bonds is 3. The van der Waals surface area contributed by atoms with Crippen LogP contribution in [0.25, 0.3) is 0 Å². The molecule has 0 spiro atoms. The zero-order valence-corrected chi connectivity index (χ0v) is 13.7. The molecule has 1 saturated heterocycles. The molecule has 1 aromatic rings. The average Bonchev–Trinajstić information content (AvgIpc) is 2.54. The number of halogens is 1. The Morgan fingerprint density at radius 1 is 1.33 bits per heavy atom. The molecule has 0 radical (unpaired) electrons. The van der Waals surface area contributed by atoms with E-state index in [0.29, 0.717) is 28.9 Å². The third kappa shape index (κ3) is 3.56. The van der Waals surface area contributed by atoms with Crippen molar-refractivity contribution in [2.75, 3.05) is 27.3 Å². The highest BCUT2D eigenvalue weighted by atomic mass is 79.9. The summed E-state index contributed by atoms with van der Waals surface area (Å²) in [7, 11) is 2.94. The molecule has 6 heteroatoms. The van der Waals surface area contributed by atoms with Crippen molar-refractivity contribution in [1.29, 1.82) is 0 Å². The van der Waals surface area contributed by atoms with Gasteiger partial charge in [-0.25, -0.2) is 0 Å². The number of methoxy groups -OCH3 is 2. The number of piperidine rings is 1. The minimum Gasteiger partial charge on any atom is -0.497 e. The molecule has 0 unspecified atom stereocenters. The van der Waals surface area contributed by atoms with Gasteiger partial charge in [0.05, 0.1) is 25.7 Å². The average molecular weight is 356 g/mol. The molecule has 1 heterocycles. The highest BCUT2D eigenvalue weighted by molar-refractivity contribution is 9.10. The van der Waals surface area contributed by atoms with Gasteiger partial charge in [-0.05, 0) is 47.0 Å². The maximum atomic E-state index is 12.6. The van der Waals surface area contributed by atoms with E-state index in [1.165, 1.54) is 7.11 Å². The summed E-state index contributed by atoms with van der Waals surface area (Å²) in [6.07, 6.45) is 1.56. The normalized spacial score (nSPS) is 18.2. The Hall–Kier alpha value is -1.56. The summed E-state index contributed by atoms with van der Waals surface area (Å²) in [5.74, 6) is 0.0340. The molecule has 0 saturated carbocycles.